The van der Waals surface area contributed by atoms with Gasteiger partial charge in [0.2, 0.25) is 0 Å². The third-order valence-electron chi connectivity index (χ3n) is 4.39. The SMILES string of the molecule is NC(Cc1ccccc1)C(O)CN1CCCC(CCO)C1. The van der Waals surface area contributed by atoms with Crippen molar-refractivity contribution in [2.75, 3.05) is 26.2 Å². The summed E-state index contributed by atoms with van der Waals surface area (Å²) in [6.45, 7) is 2.89. The first-order valence-corrected chi connectivity index (χ1v) is 8.00. The zero-order valence-corrected chi connectivity index (χ0v) is 12.7. The molecule has 1 aromatic rings. The highest BCUT2D eigenvalue weighted by Gasteiger charge is 2.24. The molecule has 0 spiro atoms. The smallest absolute Gasteiger partial charge is 0.0820 e. The Morgan fingerprint density at radius 1 is 1.29 bits per heavy atom. The van der Waals surface area contributed by atoms with Gasteiger partial charge in [-0.3, -0.25) is 0 Å². The lowest BCUT2D eigenvalue weighted by molar-refractivity contribution is 0.0639. The highest BCUT2D eigenvalue weighted by molar-refractivity contribution is 5.16. The maximum absolute atomic E-state index is 10.3. The van der Waals surface area contributed by atoms with Gasteiger partial charge in [0.25, 0.3) is 0 Å². The van der Waals surface area contributed by atoms with Crippen LogP contribution in [0.3, 0.4) is 0 Å². The van der Waals surface area contributed by atoms with E-state index in [1.807, 2.05) is 30.3 Å². The highest BCUT2D eigenvalue weighted by atomic mass is 16.3. The Morgan fingerprint density at radius 2 is 2.05 bits per heavy atom. The van der Waals surface area contributed by atoms with Gasteiger partial charge in [0, 0.05) is 25.7 Å². The van der Waals surface area contributed by atoms with E-state index in [4.69, 9.17) is 10.8 Å². The van der Waals surface area contributed by atoms with Crippen molar-refractivity contribution < 1.29 is 10.2 Å². The number of aliphatic hydroxyl groups excluding tert-OH is 2. The average molecular weight is 292 g/mol. The summed E-state index contributed by atoms with van der Waals surface area (Å²) in [7, 11) is 0. The van der Waals surface area contributed by atoms with Crippen LogP contribution in [0.15, 0.2) is 30.3 Å². The first-order chi connectivity index (χ1) is 10.2. The van der Waals surface area contributed by atoms with E-state index in [0.29, 0.717) is 18.9 Å². The van der Waals surface area contributed by atoms with E-state index in [1.54, 1.807) is 0 Å². The Morgan fingerprint density at radius 3 is 2.76 bits per heavy atom. The molecule has 1 fully saturated rings. The van der Waals surface area contributed by atoms with Crippen LogP contribution < -0.4 is 5.73 Å². The van der Waals surface area contributed by atoms with Gasteiger partial charge in [-0.2, -0.15) is 0 Å². The maximum Gasteiger partial charge on any atom is 0.0820 e. The first kappa shape index (κ1) is 16.4. The molecule has 118 valence electrons. The van der Waals surface area contributed by atoms with Crippen molar-refractivity contribution in [3.63, 3.8) is 0 Å². The van der Waals surface area contributed by atoms with E-state index in [9.17, 15) is 5.11 Å². The normalized spacial score (nSPS) is 22.9. The van der Waals surface area contributed by atoms with Gasteiger partial charge in [-0.25, -0.2) is 0 Å². The molecule has 3 atom stereocenters. The van der Waals surface area contributed by atoms with Crippen LogP contribution >= 0.6 is 0 Å². The standard InChI is InChI=1S/C17H28N2O2/c18-16(11-14-5-2-1-3-6-14)17(21)13-19-9-4-7-15(12-19)8-10-20/h1-3,5-6,15-17,20-21H,4,7-13,18H2. The molecule has 0 amide bonds. The second kappa shape index (κ2) is 8.49. The fourth-order valence-corrected chi connectivity index (χ4v) is 3.16. The minimum atomic E-state index is -0.502. The molecule has 0 radical (unpaired) electrons. The van der Waals surface area contributed by atoms with Gasteiger partial charge in [-0.15, -0.1) is 0 Å². The summed E-state index contributed by atoms with van der Waals surface area (Å²) in [4.78, 5) is 2.29. The number of hydrogen-bond acceptors (Lipinski definition) is 4. The number of nitrogens with two attached hydrogens (primary N) is 1. The lowest BCUT2D eigenvalue weighted by Gasteiger charge is -2.34. The van der Waals surface area contributed by atoms with Crippen molar-refractivity contribution in [3.05, 3.63) is 35.9 Å². The summed E-state index contributed by atoms with van der Waals surface area (Å²) in [6, 6.07) is 9.85. The van der Waals surface area contributed by atoms with E-state index >= 15 is 0 Å². The molecule has 4 N–H and O–H groups in total. The number of piperidine rings is 1. The van der Waals surface area contributed by atoms with Crippen LogP contribution in [0.1, 0.15) is 24.8 Å². The van der Waals surface area contributed by atoms with Crippen LogP contribution in [0, 0.1) is 5.92 Å². The predicted molar refractivity (Wildman–Crippen MR) is 85.0 cm³/mol. The van der Waals surface area contributed by atoms with E-state index in [2.05, 4.69) is 4.90 Å². The summed E-state index contributed by atoms with van der Waals surface area (Å²) in [5, 5.41) is 19.4. The van der Waals surface area contributed by atoms with Crippen molar-refractivity contribution in [2.24, 2.45) is 11.7 Å². The molecule has 1 aliphatic rings. The maximum atomic E-state index is 10.3. The molecule has 4 heteroatoms. The highest BCUT2D eigenvalue weighted by Crippen LogP contribution is 2.19. The van der Waals surface area contributed by atoms with E-state index in [1.165, 1.54) is 12.0 Å². The molecular weight excluding hydrogens is 264 g/mol. The number of aliphatic hydroxyl groups is 2. The first-order valence-electron chi connectivity index (χ1n) is 8.00. The minimum absolute atomic E-state index is 0.231. The molecule has 0 aromatic heterocycles. The van der Waals surface area contributed by atoms with Crippen molar-refractivity contribution in [2.45, 2.75) is 37.8 Å². The van der Waals surface area contributed by atoms with Crippen LogP contribution in [0.5, 0.6) is 0 Å². The fourth-order valence-electron chi connectivity index (χ4n) is 3.16. The van der Waals surface area contributed by atoms with Crippen molar-refractivity contribution in [1.29, 1.82) is 0 Å². The molecule has 21 heavy (non-hydrogen) atoms. The second-order valence-electron chi connectivity index (χ2n) is 6.20. The van der Waals surface area contributed by atoms with Crippen LogP contribution in [0.25, 0.3) is 0 Å². The van der Waals surface area contributed by atoms with E-state index < -0.39 is 6.10 Å². The number of rotatable bonds is 7. The second-order valence-corrected chi connectivity index (χ2v) is 6.20. The summed E-state index contributed by atoms with van der Waals surface area (Å²) in [5.41, 5.74) is 7.31. The van der Waals surface area contributed by atoms with Gasteiger partial charge in [-0.1, -0.05) is 30.3 Å². The summed E-state index contributed by atoms with van der Waals surface area (Å²) < 4.78 is 0. The van der Waals surface area contributed by atoms with Gasteiger partial charge < -0.3 is 20.8 Å². The molecule has 1 aromatic carbocycles. The monoisotopic (exact) mass is 292 g/mol. The Balaban J connectivity index is 1.78. The summed E-state index contributed by atoms with van der Waals surface area (Å²) in [5.74, 6) is 0.557. The van der Waals surface area contributed by atoms with Crippen molar-refractivity contribution in [3.8, 4) is 0 Å². The third kappa shape index (κ3) is 5.40. The molecule has 1 saturated heterocycles. The molecule has 2 rings (SSSR count). The molecule has 0 aliphatic carbocycles. The Hall–Kier alpha value is -0.940. The van der Waals surface area contributed by atoms with E-state index in [-0.39, 0.29) is 12.6 Å². The van der Waals surface area contributed by atoms with Crippen LogP contribution in [-0.2, 0) is 6.42 Å². The number of hydrogen-bond donors (Lipinski definition) is 3. The Kier molecular flexibility index (Phi) is 6.64. The molecule has 0 bridgehead atoms. The number of likely N-dealkylation sites (tertiary alicyclic amines) is 1. The predicted octanol–water partition coefficient (Wildman–Crippen LogP) is 1.01. The largest absolute Gasteiger partial charge is 0.396 e. The summed E-state index contributed by atoms with van der Waals surface area (Å²) >= 11 is 0. The molecule has 3 unspecified atom stereocenters. The van der Waals surface area contributed by atoms with E-state index in [0.717, 1.165) is 25.9 Å². The lowest BCUT2D eigenvalue weighted by Crippen LogP contribution is -2.47. The molecule has 1 heterocycles. The molecule has 4 nitrogen and oxygen atoms in total. The lowest BCUT2D eigenvalue weighted by atomic mass is 9.94. The summed E-state index contributed by atoms with van der Waals surface area (Å²) in [6.07, 6.45) is 3.39. The topological polar surface area (TPSA) is 69.7 Å². The zero-order chi connectivity index (χ0) is 15.1. The fraction of sp³-hybridized carbons (Fsp3) is 0.647. The Labute approximate surface area is 127 Å². The van der Waals surface area contributed by atoms with Gasteiger partial charge >= 0.3 is 0 Å². The molecular formula is C17H28N2O2. The van der Waals surface area contributed by atoms with Gasteiger partial charge in [0.05, 0.1) is 6.10 Å². The zero-order valence-electron chi connectivity index (χ0n) is 12.7. The van der Waals surface area contributed by atoms with Crippen LogP contribution in [0.2, 0.25) is 0 Å². The van der Waals surface area contributed by atoms with Crippen molar-refractivity contribution in [1.82, 2.24) is 4.90 Å². The Bertz CT molecular complexity index is 397. The average Bonchev–Trinajstić information content (AvgIpc) is 2.49. The molecule has 1 aliphatic heterocycles. The quantitative estimate of drug-likeness (QED) is 0.701. The number of benzene rings is 1. The van der Waals surface area contributed by atoms with Crippen LogP contribution in [0.4, 0.5) is 0 Å². The number of nitrogens with zero attached hydrogens (tertiary/aromatic N) is 1. The third-order valence-corrected chi connectivity index (χ3v) is 4.39. The molecule has 0 saturated carbocycles. The van der Waals surface area contributed by atoms with Crippen LogP contribution in [-0.4, -0.2) is 53.5 Å². The van der Waals surface area contributed by atoms with Gasteiger partial charge in [0.15, 0.2) is 0 Å². The van der Waals surface area contributed by atoms with Crippen molar-refractivity contribution >= 4 is 0 Å². The minimum Gasteiger partial charge on any atom is -0.396 e. The van der Waals surface area contributed by atoms with Gasteiger partial charge in [-0.05, 0) is 43.7 Å². The number of β-amino-alcohol motifs (C(OH)–C–C–N with tert-alkyl or cyclic N) is 1. The van der Waals surface area contributed by atoms with Gasteiger partial charge in [0.1, 0.15) is 0 Å².